The number of hydrogen-bond donors (Lipinski definition) is 4. The molecular formula is C21H39BN4O9S. The Morgan fingerprint density at radius 1 is 1.17 bits per heavy atom. The topological polar surface area (TPSA) is 187 Å². The van der Waals surface area contributed by atoms with Crippen molar-refractivity contribution < 1.29 is 42.0 Å². The van der Waals surface area contributed by atoms with E-state index < -0.39 is 76.6 Å². The molecule has 0 aromatic heterocycles. The molecule has 2 amide bonds. The van der Waals surface area contributed by atoms with E-state index in [1.165, 1.54) is 0 Å². The number of rotatable bonds is 9. The Labute approximate surface area is 213 Å². The number of alkyl carbamates (subject to hydrolysis) is 1. The lowest BCUT2D eigenvalue weighted by atomic mass is 9.78. The number of amides is 2. The van der Waals surface area contributed by atoms with Crippen LogP contribution in [0.2, 0.25) is 6.32 Å². The van der Waals surface area contributed by atoms with Gasteiger partial charge in [0.25, 0.3) is 5.91 Å². The number of carbonyl (C=O) groups is 3. The molecule has 15 heteroatoms. The molecule has 2 rings (SSSR count). The Hall–Kier alpha value is -1.94. The van der Waals surface area contributed by atoms with Crippen LogP contribution < -0.4 is 15.8 Å². The number of nitrogens with one attached hydrogen (secondary N) is 2. The molecule has 2 aliphatic rings. The molecule has 13 nitrogen and oxygen atoms in total. The molecule has 2 heterocycles. The van der Waals surface area contributed by atoms with Gasteiger partial charge in [0.05, 0.1) is 11.2 Å². The van der Waals surface area contributed by atoms with Crippen LogP contribution in [0.3, 0.4) is 0 Å². The number of nitrogens with two attached hydrogens (primary N) is 1. The highest BCUT2D eigenvalue weighted by Crippen LogP contribution is 2.39. The third-order valence-corrected chi connectivity index (χ3v) is 8.10. The van der Waals surface area contributed by atoms with E-state index in [9.17, 15) is 27.9 Å². The van der Waals surface area contributed by atoms with E-state index in [1.54, 1.807) is 20.8 Å². The van der Waals surface area contributed by atoms with Crippen molar-refractivity contribution in [1.29, 1.82) is 0 Å². The standard InChI is InChI=1S/C21H39BN4O9S/c1-18(2,3)33-17(30)24-11-15(27)25-36(31,32)26-12-14(21(23,13-26)16(28)29)9-8-10-22-34-19(4,5)20(6,7)35-22/h14H,8-13,23H2,1-7H3,(H,24,30)(H,25,27)(H,28,29)/t14-,21-/m0/s1. The molecule has 0 aliphatic carbocycles. The fraction of sp³-hybridized carbons (Fsp3) is 0.857. The molecule has 5 N–H and O–H groups in total. The van der Waals surface area contributed by atoms with Gasteiger partial charge in [-0.05, 0) is 61.2 Å². The fourth-order valence-electron chi connectivity index (χ4n) is 3.99. The summed E-state index contributed by atoms with van der Waals surface area (Å²) in [5, 5.41) is 11.9. The van der Waals surface area contributed by atoms with Crippen LogP contribution in [0, 0.1) is 5.92 Å². The highest BCUT2D eigenvalue weighted by Gasteiger charge is 2.54. The average molecular weight is 534 g/mol. The van der Waals surface area contributed by atoms with E-state index in [0.717, 1.165) is 4.31 Å². The van der Waals surface area contributed by atoms with Crippen molar-refractivity contribution in [3.05, 3.63) is 0 Å². The lowest BCUT2D eigenvalue weighted by Crippen LogP contribution is -2.55. The van der Waals surface area contributed by atoms with Gasteiger partial charge in [0.1, 0.15) is 17.7 Å². The second kappa shape index (κ2) is 10.4. The van der Waals surface area contributed by atoms with E-state index in [0.29, 0.717) is 19.2 Å². The number of nitrogens with zero attached hydrogens (tertiary/aromatic N) is 1. The summed E-state index contributed by atoms with van der Waals surface area (Å²) in [4.78, 5) is 35.8. The summed E-state index contributed by atoms with van der Waals surface area (Å²) < 4.78 is 45.1. The van der Waals surface area contributed by atoms with Crippen LogP contribution in [-0.4, -0.2) is 84.9 Å². The Kier molecular flexibility index (Phi) is 8.78. The van der Waals surface area contributed by atoms with Gasteiger partial charge in [0, 0.05) is 19.0 Å². The maximum atomic E-state index is 12.8. The van der Waals surface area contributed by atoms with Crippen molar-refractivity contribution in [2.75, 3.05) is 19.6 Å². The molecule has 2 atom stereocenters. The van der Waals surface area contributed by atoms with E-state index in [1.807, 2.05) is 32.4 Å². The maximum absolute atomic E-state index is 12.8. The summed E-state index contributed by atoms with van der Waals surface area (Å²) in [6, 6.07) is 0. The van der Waals surface area contributed by atoms with Gasteiger partial charge in [-0.25, -0.2) is 9.52 Å². The second-order valence-electron chi connectivity index (χ2n) is 11.3. The van der Waals surface area contributed by atoms with Gasteiger partial charge in [-0.15, -0.1) is 0 Å². The third kappa shape index (κ3) is 7.31. The lowest BCUT2D eigenvalue weighted by Gasteiger charge is -2.32. The van der Waals surface area contributed by atoms with Crippen molar-refractivity contribution in [3.63, 3.8) is 0 Å². The Morgan fingerprint density at radius 2 is 1.72 bits per heavy atom. The van der Waals surface area contributed by atoms with Crippen LogP contribution in [0.1, 0.15) is 61.3 Å². The van der Waals surface area contributed by atoms with Crippen LogP contribution in [0.15, 0.2) is 0 Å². The Bertz CT molecular complexity index is 951. The SMILES string of the molecule is CC(C)(C)OC(=O)NCC(=O)NS(=O)(=O)N1C[C@H](CCCB2OC(C)(C)C(C)(C)O2)[C@](N)(C(=O)O)C1. The first kappa shape index (κ1) is 30.3. The molecule has 0 saturated carbocycles. The normalized spacial score (nSPS) is 26.0. The molecule has 2 fully saturated rings. The molecule has 206 valence electrons. The molecule has 0 aromatic rings. The number of aliphatic carboxylic acids is 1. The average Bonchev–Trinajstić information content (AvgIpc) is 3.12. The van der Waals surface area contributed by atoms with Crippen LogP contribution in [0.5, 0.6) is 0 Å². The molecule has 0 aromatic carbocycles. The predicted molar refractivity (Wildman–Crippen MR) is 131 cm³/mol. The minimum Gasteiger partial charge on any atom is -0.480 e. The zero-order valence-corrected chi connectivity index (χ0v) is 22.9. The van der Waals surface area contributed by atoms with E-state index in [2.05, 4.69) is 5.32 Å². The molecule has 2 aliphatic heterocycles. The molecule has 0 unspecified atom stereocenters. The van der Waals surface area contributed by atoms with Crippen molar-refractivity contribution >= 4 is 35.3 Å². The van der Waals surface area contributed by atoms with Gasteiger partial charge < -0.3 is 30.2 Å². The largest absolute Gasteiger partial charge is 0.480 e. The molecule has 0 spiro atoms. The summed E-state index contributed by atoms with van der Waals surface area (Å²) in [7, 11) is -4.87. The highest BCUT2D eigenvalue weighted by atomic mass is 32.2. The Balaban J connectivity index is 1.95. The van der Waals surface area contributed by atoms with Gasteiger partial charge in [-0.1, -0.05) is 6.42 Å². The van der Waals surface area contributed by atoms with Crippen molar-refractivity contribution in [3.8, 4) is 0 Å². The monoisotopic (exact) mass is 534 g/mol. The quantitative estimate of drug-likeness (QED) is 0.303. The van der Waals surface area contributed by atoms with Gasteiger partial charge in [-0.3, -0.25) is 9.59 Å². The summed E-state index contributed by atoms with van der Waals surface area (Å²) in [5.41, 5.74) is 2.54. The zero-order valence-electron chi connectivity index (χ0n) is 22.0. The zero-order chi connectivity index (χ0) is 27.7. The van der Waals surface area contributed by atoms with Crippen LogP contribution in [-0.2, 0) is 33.8 Å². The summed E-state index contributed by atoms with van der Waals surface area (Å²) in [6.45, 7) is 11.3. The molecular weight excluding hydrogens is 495 g/mol. The minimum absolute atomic E-state index is 0.186. The summed E-state index contributed by atoms with van der Waals surface area (Å²) >= 11 is 0. The Morgan fingerprint density at radius 3 is 2.22 bits per heavy atom. The number of carboxylic acids is 1. The van der Waals surface area contributed by atoms with E-state index in [4.69, 9.17) is 19.8 Å². The lowest BCUT2D eigenvalue weighted by molar-refractivity contribution is -0.144. The van der Waals surface area contributed by atoms with Gasteiger partial charge in [-0.2, -0.15) is 12.7 Å². The first-order valence-corrected chi connectivity index (χ1v) is 13.3. The van der Waals surface area contributed by atoms with Crippen LogP contribution in [0.4, 0.5) is 4.79 Å². The molecule has 0 bridgehead atoms. The maximum Gasteiger partial charge on any atom is 0.457 e. The van der Waals surface area contributed by atoms with Crippen LogP contribution in [0.25, 0.3) is 0 Å². The fourth-order valence-corrected chi connectivity index (χ4v) is 5.24. The number of carboxylic acid groups (broad SMARTS) is 1. The van der Waals surface area contributed by atoms with Crippen molar-refractivity contribution in [1.82, 2.24) is 14.3 Å². The first-order chi connectivity index (χ1) is 16.2. The van der Waals surface area contributed by atoms with Gasteiger partial charge in [0.15, 0.2) is 0 Å². The van der Waals surface area contributed by atoms with E-state index >= 15 is 0 Å². The second-order valence-corrected chi connectivity index (χ2v) is 13.0. The third-order valence-electron chi connectivity index (χ3n) is 6.66. The molecule has 36 heavy (non-hydrogen) atoms. The van der Waals surface area contributed by atoms with Crippen LogP contribution >= 0.6 is 0 Å². The number of carbonyl (C=O) groups excluding carboxylic acids is 2. The van der Waals surface area contributed by atoms with Crippen molar-refractivity contribution in [2.45, 2.75) is 90.0 Å². The predicted octanol–water partition coefficient (Wildman–Crippen LogP) is 0.458. The van der Waals surface area contributed by atoms with Crippen molar-refractivity contribution in [2.24, 2.45) is 11.7 Å². The first-order valence-electron chi connectivity index (χ1n) is 11.8. The molecule has 0 radical (unpaired) electrons. The molecule has 2 saturated heterocycles. The number of ether oxygens (including phenoxy) is 1. The highest BCUT2D eigenvalue weighted by molar-refractivity contribution is 7.87. The van der Waals surface area contributed by atoms with E-state index in [-0.39, 0.29) is 6.54 Å². The smallest absolute Gasteiger partial charge is 0.457 e. The summed E-state index contributed by atoms with van der Waals surface area (Å²) in [5.74, 6) is -3.05. The van der Waals surface area contributed by atoms with Gasteiger partial charge >= 0.3 is 29.4 Å². The number of hydrogen-bond acceptors (Lipinski definition) is 9. The summed E-state index contributed by atoms with van der Waals surface area (Å²) in [6.07, 6.45) is 0.407. The van der Waals surface area contributed by atoms with Gasteiger partial charge in [0.2, 0.25) is 0 Å². The minimum atomic E-state index is -4.40.